The summed E-state index contributed by atoms with van der Waals surface area (Å²) in [5, 5.41) is 7.47. The summed E-state index contributed by atoms with van der Waals surface area (Å²) in [5.41, 5.74) is 2.05. The summed E-state index contributed by atoms with van der Waals surface area (Å²) in [4.78, 5) is 27.3. The van der Waals surface area contributed by atoms with Gasteiger partial charge in [0.15, 0.2) is 0 Å². The summed E-state index contributed by atoms with van der Waals surface area (Å²) in [7, 11) is 0. The van der Waals surface area contributed by atoms with Crippen LogP contribution in [0.15, 0.2) is 0 Å². The number of esters is 1. The van der Waals surface area contributed by atoms with Crippen molar-refractivity contribution >= 4 is 28.2 Å². The second-order valence-corrected chi connectivity index (χ2v) is 12.8. The first kappa shape index (κ1) is 23.3. The first-order chi connectivity index (χ1) is 15.8. The van der Waals surface area contributed by atoms with E-state index in [0.717, 1.165) is 42.6 Å². The van der Waals surface area contributed by atoms with Crippen molar-refractivity contribution in [2.24, 2.45) is 29.1 Å². The number of fused-ring (bicyclic) bond motifs is 1. The third-order valence-corrected chi connectivity index (χ3v) is 10.3. The van der Waals surface area contributed by atoms with Crippen molar-refractivity contribution in [3.05, 3.63) is 16.0 Å². The van der Waals surface area contributed by atoms with Crippen molar-refractivity contribution in [3.8, 4) is 0 Å². The number of hydrogen-bond donors (Lipinski definition) is 2. The third kappa shape index (κ3) is 4.38. The number of anilines is 1. The molecule has 4 saturated carbocycles. The van der Waals surface area contributed by atoms with Crippen molar-refractivity contribution < 1.29 is 14.3 Å². The predicted molar refractivity (Wildman–Crippen MR) is 133 cm³/mol. The average Bonchev–Trinajstić information content (AvgIpc) is 3.09. The molecule has 1 aromatic rings. The summed E-state index contributed by atoms with van der Waals surface area (Å²) >= 11 is 1.57. The summed E-state index contributed by atoms with van der Waals surface area (Å²) in [6, 6.07) is 0.0228. The summed E-state index contributed by atoms with van der Waals surface area (Å²) in [6.45, 7) is 8.68. The molecule has 5 aliphatic rings. The Morgan fingerprint density at radius 1 is 1.12 bits per heavy atom. The Hall–Kier alpha value is -1.40. The van der Waals surface area contributed by atoms with Crippen LogP contribution in [0.4, 0.5) is 5.00 Å². The van der Waals surface area contributed by atoms with E-state index in [1.807, 2.05) is 13.8 Å². The van der Waals surface area contributed by atoms with Gasteiger partial charge in [0.2, 0.25) is 5.91 Å². The van der Waals surface area contributed by atoms with E-state index in [2.05, 4.69) is 24.5 Å². The molecule has 0 aromatic carbocycles. The van der Waals surface area contributed by atoms with E-state index in [1.54, 1.807) is 11.3 Å². The van der Waals surface area contributed by atoms with E-state index in [4.69, 9.17) is 4.74 Å². The lowest BCUT2D eigenvalue weighted by Gasteiger charge is -2.59. The molecular formula is C27H40N2O3S. The SMILES string of the molecule is CCOC(=O)c1c(NC(=O)[C@@H](C)N[C@@H](C)C23CC4CC(CC(C4)C2)C3)sc2c1CC[C@H](C)C2. The minimum Gasteiger partial charge on any atom is -0.462 e. The second-order valence-electron chi connectivity index (χ2n) is 11.7. The van der Waals surface area contributed by atoms with Crippen LogP contribution in [0.3, 0.4) is 0 Å². The molecule has 0 unspecified atom stereocenters. The van der Waals surface area contributed by atoms with E-state index in [9.17, 15) is 9.59 Å². The van der Waals surface area contributed by atoms with Gasteiger partial charge in [0, 0.05) is 10.9 Å². The Morgan fingerprint density at radius 2 is 1.76 bits per heavy atom. The zero-order valence-electron chi connectivity index (χ0n) is 20.7. The molecule has 3 atom stereocenters. The van der Waals surface area contributed by atoms with Crippen LogP contribution >= 0.6 is 11.3 Å². The van der Waals surface area contributed by atoms with Gasteiger partial charge in [-0.25, -0.2) is 4.79 Å². The van der Waals surface area contributed by atoms with E-state index < -0.39 is 0 Å². The van der Waals surface area contributed by atoms with Crippen molar-refractivity contribution in [3.63, 3.8) is 0 Å². The average molecular weight is 473 g/mol. The van der Waals surface area contributed by atoms with Crippen molar-refractivity contribution in [1.82, 2.24) is 5.32 Å². The quantitative estimate of drug-likeness (QED) is 0.509. The molecule has 1 amide bonds. The number of carbonyl (C=O) groups excluding carboxylic acids is 2. The number of nitrogens with one attached hydrogen (secondary N) is 2. The van der Waals surface area contributed by atoms with Crippen LogP contribution in [0.25, 0.3) is 0 Å². The maximum atomic E-state index is 13.3. The molecular weight excluding hydrogens is 432 g/mol. The van der Waals surface area contributed by atoms with E-state index >= 15 is 0 Å². The Kier molecular flexibility index (Phi) is 6.36. The lowest BCUT2D eigenvalue weighted by molar-refractivity contribution is -0.119. The van der Waals surface area contributed by atoms with Crippen molar-refractivity contribution in [2.75, 3.05) is 11.9 Å². The minimum absolute atomic E-state index is 0.0521. The van der Waals surface area contributed by atoms with Crippen molar-refractivity contribution in [2.45, 2.75) is 97.6 Å². The summed E-state index contributed by atoms with van der Waals surface area (Å²) < 4.78 is 5.37. The number of thiophene rings is 1. The van der Waals surface area contributed by atoms with Gasteiger partial charge in [0.1, 0.15) is 5.00 Å². The molecule has 4 fully saturated rings. The highest BCUT2D eigenvalue weighted by Crippen LogP contribution is 2.61. The Bertz CT molecular complexity index is 887. The zero-order valence-corrected chi connectivity index (χ0v) is 21.5. The lowest BCUT2D eigenvalue weighted by Crippen LogP contribution is -2.57. The number of amides is 1. The molecule has 6 heteroatoms. The van der Waals surface area contributed by atoms with Crippen LogP contribution < -0.4 is 10.6 Å². The number of hydrogen-bond acceptors (Lipinski definition) is 5. The lowest BCUT2D eigenvalue weighted by atomic mass is 9.48. The third-order valence-electron chi connectivity index (χ3n) is 9.13. The van der Waals surface area contributed by atoms with Gasteiger partial charge in [0.05, 0.1) is 18.2 Å². The highest BCUT2D eigenvalue weighted by atomic mass is 32.1. The molecule has 0 radical (unpaired) electrons. The van der Waals surface area contributed by atoms with Gasteiger partial charge in [-0.1, -0.05) is 6.92 Å². The van der Waals surface area contributed by atoms with Crippen LogP contribution in [0.5, 0.6) is 0 Å². The smallest absolute Gasteiger partial charge is 0.341 e. The highest BCUT2D eigenvalue weighted by Gasteiger charge is 2.53. The van der Waals surface area contributed by atoms with E-state index in [1.165, 1.54) is 43.4 Å². The number of rotatable bonds is 7. The Balaban J connectivity index is 1.29. The van der Waals surface area contributed by atoms with Gasteiger partial charge in [-0.3, -0.25) is 4.79 Å². The molecule has 4 bridgehead atoms. The van der Waals surface area contributed by atoms with Gasteiger partial charge in [-0.05, 0) is 113 Å². The second kappa shape index (κ2) is 8.99. The van der Waals surface area contributed by atoms with Gasteiger partial charge >= 0.3 is 5.97 Å². The van der Waals surface area contributed by atoms with Gasteiger partial charge in [-0.15, -0.1) is 11.3 Å². The molecule has 1 aromatic heterocycles. The van der Waals surface area contributed by atoms with Crippen molar-refractivity contribution in [1.29, 1.82) is 0 Å². The molecule has 0 aliphatic heterocycles. The fourth-order valence-corrected chi connectivity index (χ4v) is 9.22. The van der Waals surface area contributed by atoms with Crippen LogP contribution in [-0.2, 0) is 22.4 Å². The molecule has 5 nitrogen and oxygen atoms in total. The zero-order chi connectivity index (χ0) is 23.3. The Labute approximate surface area is 202 Å². The normalized spacial score (nSPS) is 33.9. The topological polar surface area (TPSA) is 67.4 Å². The fraction of sp³-hybridized carbons (Fsp3) is 0.778. The summed E-state index contributed by atoms with van der Waals surface area (Å²) in [5.74, 6) is 2.95. The largest absolute Gasteiger partial charge is 0.462 e. The van der Waals surface area contributed by atoms with Gasteiger partial charge in [0.25, 0.3) is 0 Å². The molecule has 33 heavy (non-hydrogen) atoms. The molecule has 6 rings (SSSR count). The highest BCUT2D eigenvalue weighted by molar-refractivity contribution is 7.17. The molecule has 182 valence electrons. The predicted octanol–water partition coefficient (Wildman–Crippen LogP) is 5.57. The number of ether oxygens (including phenoxy) is 1. The van der Waals surface area contributed by atoms with Gasteiger partial charge < -0.3 is 15.4 Å². The van der Waals surface area contributed by atoms with Crippen LogP contribution in [0.1, 0.15) is 93.4 Å². The van der Waals surface area contributed by atoms with Gasteiger partial charge in [-0.2, -0.15) is 0 Å². The molecule has 5 aliphatic carbocycles. The fourth-order valence-electron chi connectivity index (χ4n) is 7.81. The van der Waals surface area contributed by atoms with E-state index in [-0.39, 0.29) is 17.9 Å². The first-order valence-corrected chi connectivity index (χ1v) is 14.0. The summed E-state index contributed by atoms with van der Waals surface area (Å²) in [6.07, 6.45) is 11.2. The maximum Gasteiger partial charge on any atom is 0.341 e. The molecule has 0 spiro atoms. The molecule has 0 saturated heterocycles. The Morgan fingerprint density at radius 3 is 2.36 bits per heavy atom. The maximum absolute atomic E-state index is 13.3. The van der Waals surface area contributed by atoms with Crippen LogP contribution in [-0.4, -0.2) is 30.6 Å². The minimum atomic E-state index is -0.305. The monoisotopic (exact) mass is 472 g/mol. The first-order valence-electron chi connectivity index (χ1n) is 13.2. The standard InChI is InChI=1S/C27H40N2O3S/c1-5-32-26(31)23-21-7-6-15(2)8-22(21)33-25(23)29-24(30)16(3)28-17(4)27-12-18-9-19(13-27)11-20(10-18)14-27/h15-20,28H,5-14H2,1-4H3,(H,29,30)/t15-,16+,17-,18?,19?,20?,27?/m0/s1. The van der Waals surface area contributed by atoms with E-state index in [0.29, 0.717) is 34.5 Å². The molecule has 2 N–H and O–H groups in total. The van der Waals surface area contributed by atoms with Crippen LogP contribution in [0.2, 0.25) is 0 Å². The number of carbonyl (C=O) groups is 2. The molecule has 1 heterocycles. The van der Waals surface area contributed by atoms with Crippen LogP contribution in [0, 0.1) is 29.1 Å².